The molecular formula is C13H15NO. The molecule has 0 N–H and O–H groups in total. The van der Waals surface area contributed by atoms with Crippen molar-refractivity contribution >= 4 is 11.1 Å². The largest absolute Gasteiger partial charge is 0.440 e. The number of rotatable bonds is 1. The lowest BCUT2D eigenvalue weighted by atomic mass is 10.1. The number of hydrogen-bond donors (Lipinski definition) is 0. The maximum Gasteiger partial charge on any atom is 0.198 e. The van der Waals surface area contributed by atoms with Gasteiger partial charge in [0.15, 0.2) is 11.5 Å². The Morgan fingerprint density at radius 2 is 1.93 bits per heavy atom. The molecule has 0 aliphatic heterocycles. The van der Waals surface area contributed by atoms with Crippen molar-refractivity contribution in [2.24, 2.45) is 0 Å². The first-order valence-corrected chi connectivity index (χ1v) is 5.54. The number of benzene rings is 1. The molecular weight excluding hydrogens is 186 g/mol. The van der Waals surface area contributed by atoms with Crippen LogP contribution in [-0.2, 0) is 0 Å². The van der Waals surface area contributed by atoms with Crippen LogP contribution in [-0.4, -0.2) is 4.98 Å². The second-order valence-corrected chi connectivity index (χ2v) is 4.64. The summed E-state index contributed by atoms with van der Waals surface area (Å²) in [6.45, 7) is 6.35. The highest BCUT2D eigenvalue weighted by Gasteiger charge is 2.29. The van der Waals surface area contributed by atoms with Crippen LogP contribution in [0.2, 0.25) is 0 Å². The van der Waals surface area contributed by atoms with Gasteiger partial charge >= 0.3 is 0 Å². The maximum absolute atomic E-state index is 5.85. The van der Waals surface area contributed by atoms with E-state index in [0.29, 0.717) is 5.92 Å². The van der Waals surface area contributed by atoms with Crippen LogP contribution in [0.15, 0.2) is 10.5 Å². The zero-order valence-electron chi connectivity index (χ0n) is 9.42. The van der Waals surface area contributed by atoms with Gasteiger partial charge in [0.05, 0.1) is 0 Å². The Hall–Kier alpha value is -1.31. The van der Waals surface area contributed by atoms with Crippen molar-refractivity contribution < 1.29 is 4.42 Å². The fourth-order valence-electron chi connectivity index (χ4n) is 2.05. The average molecular weight is 201 g/mol. The first-order valence-electron chi connectivity index (χ1n) is 5.54. The summed E-state index contributed by atoms with van der Waals surface area (Å²) in [7, 11) is 0. The third-order valence-electron chi connectivity index (χ3n) is 3.31. The molecule has 1 saturated carbocycles. The van der Waals surface area contributed by atoms with Gasteiger partial charge in [-0.25, -0.2) is 4.98 Å². The predicted octanol–water partition coefficient (Wildman–Crippen LogP) is 3.63. The number of fused-ring (bicyclic) bond motifs is 1. The van der Waals surface area contributed by atoms with Gasteiger partial charge in [0.1, 0.15) is 5.52 Å². The Labute approximate surface area is 89.3 Å². The van der Waals surface area contributed by atoms with E-state index in [1.807, 2.05) is 0 Å². The van der Waals surface area contributed by atoms with E-state index in [0.717, 1.165) is 17.0 Å². The van der Waals surface area contributed by atoms with E-state index in [2.05, 4.69) is 31.8 Å². The molecule has 0 spiro atoms. The van der Waals surface area contributed by atoms with E-state index in [1.54, 1.807) is 0 Å². The molecule has 1 heterocycles. The standard InChI is InChI=1S/C13H15NO/c1-7-6-8(2)12-11(9(7)3)14-13(15-12)10-4-5-10/h6,10H,4-5H2,1-3H3. The highest BCUT2D eigenvalue weighted by atomic mass is 16.3. The van der Waals surface area contributed by atoms with E-state index in [1.165, 1.54) is 29.5 Å². The Morgan fingerprint density at radius 3 is 2.60 bits per heavy atom. The van der Waals surface area contributed by atoms with Crippen molar-refractivity contribution in [3.8, 4) is 0 Å². The summed E-state index contributed by atoms with van der Waals surface area (Å²) in [4.78, 5) is 4.63. The molecule has 0 bridgehead atoms. The van der Waals surface area contributed by atoms with Gasteiger partial charge in [0, 0.05) is 5.92 Å². The first kappa shape index (κ1) is 8.96. The van der Waals surface area contributed by atoms with E-state index in [4.69, 9.17) is 4.42 Å². The molecule has 2 aromatic rings. The summed E-state index contributed by atoms with van der Waals surface area (Å²) in [5.41, 5.74) is 5.81. The Kier molecular flexibility index (Phi) is 1.70. The molecule has 78 valence electrons. The molecule has 1 aromatic heterocycles. The van der Waals surface area contributed by atoms with Crippen molar-refractivity contribution in [2.45, 2.75) is 39.5 Å². The second kappa shape index (κ2) is 2.84. The Morgan fingerprint density at radius 1 is 1.20 bits per heavy atom. The fraction of sp³-hybridized carbons (Fsp3) is 0.462. The lowest BCUT2D eigenvalue weighted by Gasteiger charge is -2.01. The average Bonchev–Trinajstić information content (AvgIpc) is 2.94. The summed E-state index contributed by atoms with van der Waals surface area (Å²) in [5, 5.41) is 0. The van der Waals surface area contributed by atoms with E-state index < -0.39 is 0 Å². The normalized spacial score (nSPS) is 16.2. The minimum atomic E-state index is 0.594. The van der Waals surface area contributed by atoms with Crippen LogP contribution in [0.1, 0.15) is 41.3 Å². The second-order valence-electron chi connectivity index (χ2n) is 4.64. The number of nitrogens with zero attached hydrogens (tertiary/aromatic N) is 1. The van der Waals surface area contributed by atoms with E-state index in [-0.39, 0.29) is 0 Å². The summed E-state index contributed by atoms with van der Waals surface area (Å²) < 4.78 is 5.85. The quantitative estimate of drug-likeness (QED) is 0.704. The molecule has 0 saturated heterocycles. The van der Waals surface area contributed by atoms with Crippen LogP contribution in [0.25, 0.3) is 11.1 Å². The number of oxazole rings is 1. The van der Waals surface area contributed by atoms with Gasteiger partial charge < -0.3 is 4.42 Å². The van der Waals surface area contributed by atoms with Gasteiger partial charge in [-0.3, -0.25) is 0 Å². The SMILES string of the molecule is Cc1cc(C)c2oc(C3CC3)nc2c1C. The maximum atomic E-state index is 5.85. The summed E-state index contributed by atoms with van der Waals surface area (Å²) in [5.74, 6) is 1.54. The molecule has 0 radical (unpaired) electrons. The lowest BCUT2D eigenvalue weighted by molar-refractivity contribution is 0.531. The highest BCUT2D eigenvalue weighted by molar-refractivity contribution is 5.81. The van der Waals surface area contributed by atoms with Crippen molar-refractivity contribution in [1.29, 1.82) is 0 Å². The Bertz CT molecular complexity index is 535. The van der Waals surface area contributed by atoms with Crippen LogP contribution >= 0.6 is 0 Å². The molecule has 1 aliphatic rings. The molecule has 1 aliphatic carbocycles. The molecule has 2 nitrogen and oxygen atoms in total. The van der Waals surface area contributed by atoms with Gasteiger partial charge in [0.25, 0.3) is 0 Å². The van der Waals surface area contributed by atoms with E-state index in [9.17, 15) is 0 Å². The topological polar surface area (TPSA) is 26.0 Å². The monoisotopic (exact) mass is 201 g/mol. The minimum Gasteiger partial charge on any atom is -0.440 e. The summed E-state index contributed by atoms with van der Waals surface area (Å²) in [6, 6.07) is 2.18. The third-order valence-corrected chi connectivity index (χ3v) is 3.31. The number of aromatic nitrogens is 1. The number of aryl methyl sites for hydroxylation is 3. The lowest BCUT2D eigenvalue weighted by Crippen LogP contribution is -1.85. The summed E-state index contributed by atoms with van der Waals surface area (Å²) in [6.07, 6.45) is 2.48. The van der Waals surface area contributed by atoms with Gasteiger partial charge in [-0.1, -0.05) is 6.07 Å². The zero-order chi connectivity index (χ0) is 10.6. The van der Waals surface area contributed by atoms with Crippen molar-refractivity contribution in [3.05, 3.63) is 28.6 Å². The van der Waals surface area contributed by atoms with Crippen LogP contribution in [0.5, 0.6) is 0 Å². The molecule has 15 heavy (non-hydrogen) atoms. The molecule has 0 atom stereocenters. The highest BCUT2D eigenvalue weighted by Crippen LogP contribution is 2.41. The van der Waals surface area contributed by atoms with Crippen molar-refractivity contribution in [1.82, 2.24) is 4.98 Å². The van der Waals surface area contributed by atoms with Crippen molar-refractivity contribution in [3.63, 3.8) is 0 Å². The molecule has 1 fully saturated rings. The molecule has 3 rings (SSSR count). The molecule has 0 unspecified atom stereocenters. The molecule has 1 aromatic carbocycles. The van der Waals surface area contributed by atoms with Gasteiger partial charge in [-0.15, -0.1) is 0 Å². The third kappa shape index (κ3) is 1.28. The molecule has 0 amide bonds. The fourth-order valence-corrected chi connectivity index (χ4v) is 2.05. The van der Waals surface area contributed by atoms with Gasteiger partial charge in [-0.05, 0) is 50.3 Å². The van der Waals surface area contributed by atoms with Crippen LogP contribution < -0.4 is 0 Å². The zero-order valence-corrected chi connectivity index (χ0v) is 9.42. The van der Waals surface area contributed by atoms with Gasteiger partial charge in [-0.2, -0.15) is 0 Å². The van der Waals surface area contributed by atoms with Crippen LogP contribution in [0.3, 0.4) is 0 Å². The Balaban J connectivity index is 2.32. The molecule has 2 heteroatoms. The van der Waals surface area contributed by atoms with E-state index >= 15 is 0 Å². The van der Waals surface area contributed by atoms with Gasteiger partial charge in [0.2, 0.25) is 0 Å². The summed E-state index contributed by atoms with van der Waals surface area (Å²) >= 11 is 0. The van der Waals surface area contributed by atoms with Crippen LogP contribution in [0.4, 0.5) is 0 Å². The van der Waals surface area contributed by atoms with Crippen LogP contribution in [0, 0.1) is 20.8 Å². The van der Waals surface area contributed by atoms with Crippen molar-refractivity contribution in [2.75, 3.05) is 0 Å². The predicted molar refractivity (Wildman–Crippen MR) is 60.2 cm³/mol. The smallest absolute Gasteiger partial charge is 0.198 e. The minimum absolute atomic E-state index is 0.594. The first-order chi connectivity index (χ1) is 7.16. The number of hydrogen-bond acceptors (Lipinski definition) is 2.